The Balaban J connectivity index is 2.34. The summed E-state index contributed by atoms with van der Waals surface area (Å²) in [5, 5.41) is 0.565. The number of halogens is 2. The normalized spacial score (nSPS) is 18.4. The minimum atomic E-state index is -0.351. The van der Waals surface area contributed by atoms with E-state index in [2.05, 4.69) is 0 Å². The van der Waals surface area contributed by atoms with Gasteiger partial charge in [0, 0.05) is 12.1 Å². The zero-order chi connectivity index (χ0) is 14.2. The van der Waals surface area contributed by atoms with Gasteiger partial charge in [-0.15, -0.1) is 0 Å². The fourth-order valence-corrected chi connectivity index (χ4v) is 2.46. The molecule has 0 aromatic heterocycles. The van der Waals surface area contributed by atoms with E-state index in [0.717, 1.165) is 0 Å². The van der Waals surface area contributed by atoms with Gasteiger partial charge in [-0.05, 0) is 26.0 Å². The summed E-state index contributed by atoms with van der Waals surface area (Å²) >= 11 is 11.9. The summed E-state index contributed by atoms with van der Waals surface area (Å²) in [4.78, 5) is 14.3. The Hall–Kier alpha value is -0.970. The molecule has 1 amide bonds. The van der Waals surface area contributed by atoms with Crippen molar-refractivity contribution in [3.63, 3.8) is 0 Å². The van der Waals surface area contributed by atoms with Crippen LogP contribution in [0.25, 0.3) is 0 Å². The molecule has 2 N–H and O–H groups in total. The van der Waals surface area contributed by atoms with E-state index in [1.54, 1.807) is 17.0 Å². The fraction of sp³-hybridized carbons (Fsp3) is 0.462. The molecule has 1 saturated heterocycles. The maximum absolute atomic E-state index is 12.5. The third-order valence-electron chi connectivity index (χ3n) is 3.19. The first-order valence-electron chi connectivity index (χ1n) is 5.97. The Morgan fingerprint density at radius 2 is 2.11 bits per heavy atom. The minimum Gasteiger partial charge on any atom is -0.397 e. The molecule has 0 saturated carbocycles. The van der Waals surface area contributed by atoms with Crippen LogP contribution in [-0.2, 0) is 4.74 Å². The van der Waals surface area contributed by atoms with Gasteiger partial charge in [-0.2, -0.15) is 0 Å². The molecule has 1 aromatic rings. The van der Waals surface area contributed by atoms with Crippen LogP contribution in [-0.4, -0.2) is 36.1 Å². The average molecular weight is 303 g/mol. The monoisotopic (exact) mass is 302 g/mol. The van der Waals surface area contributed by atoms with Crippen molar-refractivity contribution in [2.75, 3.05) is 25.5 Å². The van der Waals surface area contributed by atoms with Gasteiger partial charge in [0.25, 0.3) is 5.91 Å². The van der Waals surface area contributed by atoms with Gasteiger partial charge in [0.2, 0.25) is 0 Å². The van der Waals surface area contributed by atoms with Crippen molar-refractivity contribution in [2.24, 2.45) is 0 Å². The molecule has 0 unspecified atom stereocenters. The number of morpholine rings is 1. The van der Waals surface area contributed by atoms with Gasteiger partial charge >= 0.3 is 0 Å². The van der Waals surface area contributed by atoms with Gasteiger partial charge in [-0.3, -0.25) is 4.79 Å². The lowest BCUT2D eigenvalue weighted by atomic mass is 10.0. The zero-order valence-corrected chi connectivity index (χ0v) is 12.4. The molecule has 0 aliphatic carbocycles. The number of nitrogen functional groups attached to an aromatic ring is 1. The first kappa shape index (κ1) is 14.4. The van der Waals surface area contributed by atoms with E-state index in [0.29, 0.717) is 31.0 Å². The lowest BCUT2D eigenvalue weighted by Gasteiger charge is -2.42. The number of anilines is 1. The van der Waals surface area contributed by atoms with Crippen LogP contribution in [0.15, 0.2) is 12.1 Å². The molecule has 1 aromatic carbocycles. The van der Waals surface area contributed by atoms with Crippen molar-refractivity contribution in [3.05, 3.63) is 27.7 Å². The molecule has 0 spiro atoms. The van der Waals surface area contributed by atoms with E-state index >= 15 is 0 Å². The topological polar surface area (TPSA) is 55.6 Å². The van der Waals surface area contributed by atoms with Crippen LogP contribution in [0.1, 0.15) is 24.2 Å². The number of rotatable bonds is 1. The van der Waals surface area contributed by atoms with Gasteiger partial charge in [-0.25, -0.2) is 0 Å². The number of nitrogens with zero attached hydrogens (tertiary/aromatic N) is 1. The van der Waals surface area contributed by atoms with Crippen LogP contribution in [0, 0.1) is 0 Å². The molecule has 104 valence electrons. The van der Waals surface area contributed by atoms with Crippen molar-refractivity contribution in [2.45, 2.75) is 19.4 Å². The lowest BCUT2D eigenvalue weighted by Crippen LogP contribution is -2.55. The molecule has 1 fully saturated rings. The third kappa shape index (κ3) is 2.81. The third-order valence-corrected chi connectivity index (χ3v) is 4.01. The maximum Gasteiger partial charge on any atom is 0.254 e. The maximum atomic E-state index is 12.5. The first-order chi connectivity index (χ1) is 8.83. The van der Waals surface area contributed by atoms with Crippen molar-refractivity contribution < 1.29 is 9.53 Å². The van der Waals surface area contributed by atoms with Gasteiger partial charge in [0.1, 0.15) is 0 Å². The predicted molar refractivity (Wildman–Crippen MR) is 76.8 cm³/mol. The summed E-state index contributed by atoms with van der Waals surface area (Å²) < 4.78 is 5.40. The summed E-state index contributed by atoms with van der Waals surface area (Å²) in [7, 11) is 0. The number of ether oxygens (including phenoxy) is 1. The molecule has 0 atom stereocenters. The zero-order valence-electron chi connectivity index (χ0n) is 10.9. The van der Waals surface area contributed by atoms with Gasteiger partial charge in [0.15, 0.2) is 0 Å². The second kappa shape index (κ2) is 5.19. The first-order valence-corrected chi connectivity index (χ1v) is 6.73. The Labute approximate surface area is 122 Å². The second-order valence-electron chi connectivity index (χ2n) is 5.18. The molecule has 1 aliphatic heterocycles. The van der Waals surface area contributed by atoms with Gasteiger partial charge < -0.3 is 15.4 Å². The molecule has 2 rings (SSSR count). The fourth-order valence-electron chi connectivity index (χ4n) is 2.12. The summed E-state index contributed by atoms with van der Waals surface area (Å²) in [6.45, 7) is 5.52. The lowest BCUT2D eigenvalue weighted by molar-refractivity contribution is -0.0370. The molecule has 19 heavy (non-hydrogen) atoms. The number of nitrogens with two attached hydrogens (primary N) is 1. The Morgan fingerprint density at radius 3 is 2.68 bits per heavy atom. The number of carbonyl (C=O) groups excluding carboxylic acids is 1. The molecule has 0 bridgehead atoms. The van der Waals surface area contributed by atoms with E-state index in [4.69, 9.17) is 33.7 Å². The van der Waals surface area contributed by atoms with Crippen molar-refractivity contribution in [1.29, 1.82) is 0 Å². The van der Waals surface area contributed by atoms with E-state index in [1.807, 2.05) is 13.8 Å². The Morgan fingerprint density at radius 1 is 1.42 bits per heavy atom. The molecule has 1 heterocycles. The van der Waals surface area contributed by atoms with Crippen LogP contribution in [0.3, 0.4) is 0 Å². The quantitative estimate of drug-likeness (QED) is 0.812. The molecule has 1 aliphatic rings. The van der Waals surface area contributed by atoms with Crippen LogP contribution >= 0.6 is 23.2 Å². The van der Waals surface area contributed by atoms with Crippen LogP contribution in [0.4, 0.5) is 5.69 Å². The highest BCUT2D eigenvalue weighted by Gasteiger charge is 2.34. The number of amides is 1. The predicted octanol–water partition coefficient (Wildman–Crippen LogP) is 2.83. The smallest absolute Gasteiger partial charge is 0.254 e. The Kier molecular flexibility index (Phi) is 3.95. The SMILES string of the molecule is CC1(C)COCCN1C(=O)c1cc(N)c(Cl)c(Cl)c1. The van der Waals surface area contributed by atoms with Gasteiger partial charge in [-0.1, -0.05) is 23.2 Å². The highest BCUT2D eigenvalue weighted by Crippen LogP contribution is 2.31. The van der Waals surface area contributed by atoms with Gasteiger partial charge in [0.05, 0.1) is 34.5 Å². The largest absolute Gasteiger partial charge is 0.397 e. The second-order valence-corrected chi connectivity index (χ2v) is 5.97. The Bertz CT molecular complexity index is 494. The number of hydrogen-bond acceptors (Lipinski definition) is 3. The van der Waals surface area contributed by atoms with E-state index in [9.17, 15) is 4.79 Å². The van der Waals surface area contributed by atoms with Crippen LogP contribution in [0.2, 0.25) is 10.0 Å². The number of benzene rings is 1. The van der Waals surface area contributed by atoms with Crippen LogP contribution < -0.4 is 5.73 Å². The minimum absolute atomic E-state index is 0.112. The summed E-state index contributed by atoms with van der Waals surface area (Å²) in [5.41, 5.74) is 6.15. The average Bonchev–Trinajstić information content (AvgIpc) is 2.34. The van der Waals surface area contributed by atoms with E-state index in [1.165, 1.54) is 0 Å². The van der Waals surface area contributed by atoms with Crippen LogP contribution in [0.5, 0.6) is 0 Å². The van der Waals surface area contributed by atoms with Crippen molar-refractivity contribution in [1.82, 2.24) is 4.90 Å². The standard InChI is InChI=1S/C13H16Cl2N2O2/c1-13(2)7-19-4-3-17(13)12(18)8-5-9(14)11(15)10(16)6-8/h5-6H,3-4,7,16H2,1-2H3. The highest BCUT2D eigenvalue weighted by atomic mass is 35.5. The molecule has 4 nitrogen and oxygen atoms in total. The van der Waals surface area contributed by atoms with E-state index < -0.39 is 0 Å². The molecule has 0 radical (unpaired) electrons. The van der Waals surface area contributed by atoms with E-state index in [-0.39, 0.29) is 21.5 Å². The molecular weight excluding hydrogens is 287 g/mol. The number of hydrogen-bond donors (Lipinski definition) is 1. The highest BCUT2D eigenvalue weighted by molar-refractivity contribution is 6.43. The number of carbonyl (C=O) groups is 1. The summed E-state index contributed by atoms with van der Waals surface area (Å²) in [6.07, 6.45) is 0. The molecule has 6 heteroatoms. The summed E-state index contributed by atoms with van der Waals surface area (Å²) in [5.74, 6) is -0.112. The summed E-state index contributed by atoms with van der Waals surface area (Å²) in [6, 6.07) is 3.11. The van der Waals surface area contributed by atoms with Crippen molar-refractivity contribution >= 4 is 34.8 Å². The molecular formula is C13H16Cl2N2O2. The van der Waals surface area contributed by atoms with Crippen molar-refractivity contribution in [3.8, 4) is 0 Å².